The number of thiophene rings is 1. The quantitative estimate of drug-likeness (QED) is 0.210. The van der Waals surface area contributed by atoms with Crippen LogP contribution in [0, 0.1) is 0 Å². The van der Waals surface area contributed by atoms with Gasteiger partial charge < -0.3 is 0 Å². The van der Waals surface area contributed by atoms with Crippen LogP contribution in [0.4, 0.5) is 75.4 Å². The maximum Gasteiger partial charge on any atom is 0.393 e. The van der Waals surface area contributed by atoms with E-state index < -0.39 is 57.9 Å². The molecule has 38 heavy (non-hydrogen) atoms. The summed E-state index contributed by atoms with van der Waals surface area (Å²) in [5.41, 5.74) is -0.105. The van der Waals surface area contributed by atoms with Crippen LogP contribution in [-0.4, -0.2) is 57.7 Å². The molecule has 0 atom stereocenters. The van der Waals surface area contributed by atoms with E-state index in [-0.39, 0.29) is 21.9 Å². The first-order valence-electron chi connectivity index (χ1n) is 8.74. The molecule has 3 nitrogen and oxygen atoms in total. The molecule has 0 bridgehead atoms. The molecule has 22 heteroatoms. The Labute approximate surface area is 211 Å². The fourth-order valence-electron chi connectivity index (χ4n) is 2.35. The Morgan fingerprint density at radius 2 is 1.16 bits per heavy atom. The zero-order chi connectivity index (χ0) is 30.0. The number of anilines is 1. The average Bonchev–Trinajstić information content (AvgIpc) is 3.43. The van der Waals surface area contributed by atoms with Crippen molar-refractivity contribution in [3.8, 4) is 10.6 Å². The number of alkyl halides is 17. The van der Waals surface area contributed by atoms with Crippen LogP contribution >= 0.6 is 34.3 Å². The maximum absolute atomic E-state index is 14.0. The number of halogens is 17. The summed E-state index contributed by atoms with van der Waals surface area (Å²) in [5.74, 6) is -60.7. The summed E-state index contributed by atoms with van der Waals surface area (Å²) in [6.07, 6.45) is 0. The number of rotatable bonds is 10. The van der Waals surface area contributed by atoms with Crippen LogP contribution in [0.5, 0.6) is 0 Å². The Kier molecular flexibility index (Phi) is 7.85. The van der Waals surface area contributed by atoms with E-state index in [1.807, 2.05) is 0 Å². The minimum atomic E-state index is -8.64. The van der Waals surface area contributed by atoms with E-state index in [4.69, 9.17) is 0 Å². The van der Waals surface area contributed by atoms with Gasteiger partial charge in [0.2, 0.25) is 0 Å². The molecule has 0 radical (unpaired) electrons. The summed E-state index contributed by atoms with van der Waals surface area (Å²) in [4.78, 5) is 15.3. The van der Waals surface area contributed by atoms with Gasteiger partial charge in [-0.2, -0.15) is 70.2 Å². The van der Waals surface area contributed by atoms with Gasteiger partial charge >= 0.3 is 52.7 Å². The number of nitrogens with zero attached hydrogens (tertiary/aromatic N) is 1. The van der Waals surface area contributed by atoms with Gasteiger partial charge in [0.25, 0.3) is 0 Å². The number of thiazole rings is 1. The second-order valence-corrected chi connectivity index (χ2v) is 9.27. The SMILES string of the molecule is O=C(Nc1nc(-c2cccs2)cs1)C(F)(F)C(F)(F)C(F)(F)C(F)(F)C(F)(F)C(F)(F)C(F)(F)C(F)(F)Cl. The van der Waals surface area contributed by atoms with Crippen molar-refractivity contribution in [3.05, 3.63) is 22.9 Å². The van der Waals surface area contributed by atoms with E-state index in [1.54, 1.807) is 0 Å². The highest BCUT2D eigenvalue weighted by atomic mass is 35.5. The largest absolute Gasteiger partial charge is 0.393 e. The van der Waals surface area contributed by atoms with E-state index in [1.165, 1.54) is 17.5 Å². The zero-order valence-electron chi connectivity index (χ0n) is 16.9. The Balaban J connectivity index is 2.47. The minimum absolute atomic E-state index is 0.105. The standard InChI is InChI=1S/C16H5ClF16N2OS2/c17-16(32,33)15(30,31)14(28,29)13(26,27)12(24,25)11(22,23)10(20,21)9(18,19)7(36)35-8-34-5(4-38-8)6-2-1-3-37-6/h1-4H,(H,34,35,36). The second-order valence-electron chi connectivity index (χ2n) is 6.99. The van der Waals surface area contributed by atoms with Crippen LogP contribution in [0.2, 0.25) is 0 Å². The smallest absolute Gasteiger partial charge is 0.296 e. The number of hydrogen-bond acceptors (Lipinski definition) is 4. The Bertz CT molecular complexity index is 1160. The highest BCUT2D eigenvalue weighted by Crippen LogP contribution is 2.64. The van der Waals surface area contributed by atoms with Gasteiger partial charge in [-0.05, 0) is 23.0 Å². The number of carbonyl (C=O) groups is 1. The molecule has 0 aromatic carbocycles. The first-order valence-corrected chi connectivity index (χ1v) is 10.9. The zero-order valence-corrected chi connectivity index (χ0v) is 19.3. The van der Waals surface area contributed by atoms with Crippen molar-refractivity contribution in [2.24, 2.45) is 0 Å². The van der Waals surface area contributed by atoms with Gasteiger partial charge in [0.05, 0.1) is 10.6 Å². The molecule has 0 saturated carbocycles. The lowest BCUT2D eigenvalue weighted by Crippen LogP contribution is -2.75. The molecule has 0 unspecified atom stereocenters. The van der Waals surface area contributed by atoms with E-state index in [9.17, 15) is 75.0 Å². The van der Waals surface area contributed by atoms with Crippen LogP contribution in [-0.2, 0) is 4.79 Å². The summed E-state index contributed by atoms with van der Waals surface area (Å²) in [6.45, 7) is 0. The van der Waals surface area contributed by atoms with Gasteiger partial charge in [-0.3, -0.25) is 10.1 Å². The maximum atomic E-state index is 14.0. The monoisotopic (exact) mass is 644 g/mol. The molecule has 0 aliphatic rings. The molecule has 216 valence electrons. The van der Waals surface area contributed by atoms with Crippen LogP contribution in [0.1, 0.15) is 0 Å². The van der Waals surface area contributed by atoms with Crippen molar-refractivity contribution in [3.63, 3.8) is 0 Å². The van der Waals surface area contributed by atoms with Gasteiger partial charge in [0.15, 0.2) is 5.13 Å². The van der Waals surface area contributed by atoms with Gasteiger partial charge in [0.1, 0.15) is 0 Å². The van der Waals surface area contributed by atoms with Crippen molar-refractivity contribution >= 4 is 45.3 Å². The summed E-state index contributed by atoms with van der Waals surface area (Å²) >= 11 is 4.60. The topological polar surface area (TPSA) is 42.0 Å². The third kappa shape index (κ3) is 4.46. The second kappa shape index (κ2) is 9.27. The molecule has 0 fully saturated rings. The van der Waals surface area contributed by atoms with E-state index in [2.05, 4.69) is 16.6 Å². The summed E-state index contributed by atoms with van der Waals surface area (Å²) < 4.78 is 216. The number of nitrogens with one attached hydrogen (secondary N) is 1. The fraction of sp³-hybridized carbons (Fsp3) is 0.500. The van der Waals surface area contributed by atoms with E-state index in [0.717, 1.165) is 22.0 Å². The molecular formula is C16H5ClF16N2OS2. The number of carbonyl (C=O) groups excluding carboxylic acids is 1. The van der Waals surface area contributed by atoms with Gasteiger partial charge in [-0.1, -0.05) is 6.07 Å². The molecule has 0 aliphatic carbocycles. The predicted molar refractivity (Wildman–Crippen MR) is 99.5 cm³/mol. The van der Waals surface area contributed by atoms with Crippen LogP contribution < -0.4 is 5.32 Å². The molecule has 2 aromatic heterocycles. The molecule has 0 saturated heterocycles. The Morgan fingerprint density at radius 3 is 1.58 bits per heavy atom. The van der Waals surface area contributed by atoms with Crippen LogP contribution in [0.15, 0.2) is 22.9 Å². The predicted octanol–water partition coefficient (Wildman–Crippen LogP) is 8.09. The highest BCUT2D eigenvalue weighted by molar-refractivity contribution is 7.16. The molecule has 1 N–H and O–H groups in total. The number of aromatic nitrogens is 1. The van der Waals surface area contributed by atoms with Crippen molar-refractivity contribution in [2.45, 2.75) is 46.8 Å². The summed E-state index contributed by atoms with van der Waals surface area (Å²) in [5, 5.41) is -4.66. The molecular weight excluding hydrogens is 640 g/mol. The Morgan fingerprint density at radius 1 is 0.711 bits per heavy atom. The first-order chi connectivity index (χ1) is 16.7. The first kappa shape index (κ1) is 32.2. The number of hydrogen-bond donors (Lipinski definition) is 1. The molecule has 2 aromatic rings. The van der Waals surface area contributed by atoms with Crippen LogP contribution in [0.3, 0.4) is 0 Å². The molecule has 1 amide bonds. The normalized spacial score (nSPS) is 15.1. The average molecular weight is 645 g/mol. The van der Waals surface area contributed by atoms with E-state index in [0.29, 0.717) is 0 Å². The van der Waals surface area contributed by atoms with Crippen molar-refractivity contribution in [1.29, 1.82) is 0 Å². The lowest BCUT2D eigenvalue weighted by molar-refractivity contribution is -0.445. The van der Waals surface area contributed by atoms with Crippen molar-refractivity contribution < 1.29 is 75.0 Å². The van der Waals surface area contributed by atoms with Crippen molar-refractivity contribution in [1.82, 2.24) is 4.98 Å². The van der Waals surface area contributed by atoms with E-state index >= 15 is 0 Å². The lowest BCUT2D eigenvalue weighted by Gasteiger charge is -2.42. The molecule has 2 heterocycles. The summed E-state index contributed by atoms with van der Waals surface area (Å²) in [6, 6.07) is 2.81. The Hall–Kier alpha value is -2.03. The third-order valence-electron chi connectivity index (χ3n) is 4.51. The van der Waals surface area contributed by atoms with Gasteiger partial charge in [0, 0.05) is 5.38 Å². The minimum Gasteiger partial charge on any atom is -0.296 e. The summed E-state index contributed by atoms with van der Waals surface area (Å²) in [7, 11) is 0. The van der Waals surface area contributed by atoms with Crippen molar-refractivity contribution in [2.75, 3.05) is 5.32 Å². The fourth-order valence-corrected chi connectivity index (χ4v) is 3.94. The lowest BCUT2D eigenvalue weighted by atomic mass is 9.89. The third-order valence-corrected chi connectivity index (χ3v) is 6.39. The highest BCUT2D eigenvalue weighted by Gasteiger charge is 2.95. The molecule has 0 aliphatic heterocycles. The van der Waals surface area contributed by atoms with Gasteiger partial charge in [-0.25, -0.2) is 4.98 Å². The number of amides is 1. The molecule has 2 rings (SSSR count). The van der Waals surface area contributed by atoms with Crippen LogP contribution in [0.25, 0.3) is 10.6 Å². The molecule has 0 spiro atoms. The van der Waals surface area contributed by atoms with Gasteiger partial charge in [-0.15, -0.1) is 22.7 Å².